The molecule has 0 unspecified atom stereocenters. The number of carbonyl (C=O) groups excluding carboxylic acids is 2. The van der Waals surface area contributed by atoms with Gasteiger partial charge in [-0.3, -0.25) is 0 Å². The van der Waals surface area contributed by atoms with Gasteiger partial charge in [0.15, 0.2) is 0 Å². The van der Waals surface area contributed by atoms with Crippen LogP contribution in [0.5, 0.6) is 0 Å². The van der Waals surface area contributed by atoms with E-state index >= 15 is 0 Å². The van der Waals surface area contributed by atoms with Crippen LogP contribution in [0.25, 0.3) is 0 Å². The molecular formula is C11H20BrNO4. The van der Waals surface area contributed by atoms with Gasteiger partial charge in [0.25, 0.3) is 0 Å². The largest absolute Gasteiger partial charge is 0.464 e. The first-order valence-corrected chi connectivity index (χ1v) is 6.84. The fraction of sp³-hybridized carbons (Fsp3) is 0.818. The second-order valence-corrected chi connectivity index (χ2v) is 4.35. The number of hydrogen-bond acceptors (Lipinski definition) is 5. The number of nitrogens with two attached hydrogens (primary N) is 1. The molecule has 6 heteroatoms. The molecule has 17 heavy (non-hydrogen) atoms. The SMILES string of the molecule is CCOC(=O)C(N)(CCCCBr)C(=O)OCC. The van der Waals surface area contributed by atoms with Crippen molar-refractivity contribution < 1.29 is 19.1 Å². The van der Waals surface area contributed by atoms with Crippen molar-refractivity contribution in [2.75, 3.05) is 18.5 Å². The monoisotopic (exact) mass is 309 g/mol. The zero-order chi connectivity index (χ0) is 13.3. The van der Waals surface area contributed by atoms with Gasteiger partial charge in [-0.1, -0.05) is 15.9 Å². The third kappa shape index (κ3) is 5.04. The Hall–Kier alpha value is -0.620. The fourth-order valence-electron chi connectivity index (χ4n) is 1.31. The van der Waals surface area contributed by atoms with Gasteiger partial charge in [0.2, 0.25) is 5.54 Å². The van der Waals surface area contributed by atoms with E-state index in [2.05, 4.69) is 15.9 Å². The molecule has 0 aliphatic rings. The highest BCUT2D eigenvalue weighted by Gasteiger charge is 2.44. The molecule has 0 fully saturated rings. The highest BCUT2D eigenvalue weighted by Crippen LogP contribution is 2.16. The summed E-state index contributed by atoms with van der Waals surface area (Å²) in [6, 6.07) is 0. The summed E-state index contributed by atoms with van der Waals surface area (Å²) in [5.74, 6) is -1.43. The highest BCUT2D eigenvalue weighted by molar-refractivity contribution is 9.09. The number of ether oxygens (including phenoxy) is 2. The van der Waals surface area contributed by atoms with Crippen LogP contribution in [0.15, 0.2) is 0 Å². The number of rotatable bonds is 8. The average Bonchev–Trinajstić information content (AvgIpc) is 2.29. The first kappa shape index (κ1) is 16.4. The first-order chi connectivity index (χ1) is 8.02. The van der Waals surface area contributed by atoms with Crippen LogP contribution < -0.4 is 5.73 Å². The van der Waals surface area contributed by atoms with E-state index in [0.29, 0.717) is 6.42 Å². The van der Waals surface area contributed by atoms with Crippen LogP contribution in [0.1, 0.15) is 33.1 Å². The van der Waals surface area contributed by atoms with Gasteiger partial charge >= 0.3 is 11.9 Å². The molecule has 0 atom stereocenters. The lowest BCUT2D eigenvalue weighted by atomic mass is 9.94. The van der Waals surface area contributed by atoms with E-state index in [-0.39, 0.29) is 19.6 Å². The Labute approximate surface area is 110 Å². The molecule has 0 aromatic rings. The third-order valence-corrected chi connectivity index (χ3v) is 2.79. The number of alkyl halides is 1. The summed E-state index contributed by atoms with van der Waals surface area (Å²) in [5, 5.41) is 0.800. The molecule has 0 radical (unpaired) electrons. The van der Waals surface area contributed by atoms with E-state index in [1.54, 1.807) is 13.8 Å². The van der Waals surface area contributed by atoms with E-state index in [1.165, 1.54) is 0 Å². The smallest absolute Gasteiger partial charge is 0.337 e. The van der Waals surface area contributed by atoms with Crippen LogP contribution >= 0.6 is 15.9 Å². The summed E-state index contributed by atoms with van der Waals surface area (Å²) in [5.41, 5.74) is 4.16. The molecule has 0 aliphatic heterocycles. The van der Waals surface area contributed by atoms with E-state index in [4.69, 9.17) is 15.2 Å². The van der Waals surface area contributed by atoms with Crippen LogP contribution in [0.4, 0.5) is 0 Å². The van der Waals surface area contributed by atoms with Crippen LogP contribution in [0, 0.1) is 0 Å². The number of carbonyl (C=O) groups is 2. The summed E-state index contributed by atoms with van der Waals surface area (Å²) < 4.78 is 9.66. The van der Waals surface area contributed by atoms with Crippen molar-refractivity contribution in [3.63, 3.8) is 0 Å². The Morgan fingerprint density at radius 2 is 1.59 bits per heavy atom. The van der Waals surface area contributed by atoms with Crippen LogP contribution in [0.2, 0.25) is 0 Å². The molecule has 0 saturated heterocycles. The Bertz CT molecular complexity index is 240. The van der Waals surface area contributed by atoms with Gasteiger partial charge in [-0.15, -0.1) is 0 Å². The lowest BCUT2D eigenvalue weighted by molar-refractivity contribution is -0.164. The van der Waals surface area contributed by atoms with Crippen molar-refractivity contribution in [3.8, 4) is 0 Å². The minimum Gasteiger partial charge on any atom is -0.464 e. The van der Waals surface area contributed by atoms with E-state index < -0.39 is 17.5 Å². The molecular weight excluding hydrogens is 290 g/mol. The van der Waals surface area contributed by atoms with Crippen molar-refractivity contribution in [3.05, 3.63) is 0 Å². The first-order valence-electron chi connectivity index (χ1n) is 5.72. The molecule has 0 rings (SSSR count). The van der Waals surface area contributed by atoms with E-state index in [1.807, 2.05) is 0 Å². The lowest BCUT2D eigenvalue weighted by Crippen LogP contribution is -2.56. The third-order valence-electron chi connectivity index (χ3n) is 2.23. The molecule has 0 aliphatic carbocycles. The topological polar surface area (TPSA) is 78.6 Å². The summed E-state index contributed by atoms with van der Waals surface area (Å²) in [6.07, 6.45) is 1.72. The van der Waals surface area contributed by atoms with Gasteiger partial charge < -0.3 is 15.2 Å². The minimum absolute atomic E-state index is 0.190. The summed E-state index contributed by atoms with van der Waals surface area (Å²) in [7, 11) is 0. The molecule has 5 nitrogen and oxygen atoms in total. The molecule has 0 heterocycles. The Kier molecular flexibility index (Phi) is 8.16. The Morgan fingerprint density at radius 3 is 1.94 bits per heavy atom. The number of halogens is 1. The van der Waals surface area contributed by atoms with Gasteiger partial charge in [0.05, 0.1) is 13.2 Å². The maximum atomic E-state index is 11.7. The fourth-order valence-corrected chi connectivity index (χ4v) is 1.70. The van der Waals surface area contributed by atoms with E-state index in [9.17, 15) is 9.59 Å². The quantitative estimate of drug-likeness (QED) is 0.317. The summed E-state index contributed by atoms with van der Waals surface area (Å²) in [4.78, 5) is 23.4. The zero-order valence-corrected chi connectivity index (χ0v) is 11.9. The number of unbranched alkanes of at least 4 members (excludes halogenated alkanes) is 1. The molecule has 0 amide bonds. The van der Waals surface area contributed by atoms with Crippen LogP contribution in [-0.2, 0) is 19.1 Å². The molecule has 0 saturated carbocycles. The second-order valence-electron chi connectivity index (χ2n) is 3.56. The van der Waals surface area contributed by atoms with Crippen molar-refractivity contribution in [2.45, 2.75) is 38.6 Å². The molecule has 100 valence electrons. The predicted molar refractivity (Wildman–Crippen MR) is 67.8 cm³/mol. The zero-order valence-electron chi connectivity index (χ0n) is 10.3. The van der Waals surface area contributed by atoms with Crippen molar-refractivity contribution in [1.29, 1.82) is 0 Å². The van der Waals surface area contributed by atoms with Gasteiger partial charge in [0.1, 0.15) is 0 Å². The number of esters is 2. The van der Waals surface area contributed by atoms with Gasteiger partial charge in [0, 0.05) is 5.33 Å². The van der Waals surface area contributed by atoms with Gasteiger partial charge in [-0.25, -0.2) is 9.59 Å². The normalized spacial score (nSPS) is 11.1. The molecule has 2 N–H and O–H groups in total. The highest BCUT2D eigenvalue weighted by atomic mass is 79.9. The standard InChI is InChI=1S/C11H20BrNO4/c1-3-16-9(14)11(13,7-5-6-8-12)10(15)17-4-2/h3-8,13H2,1-2H3. The average molecular weight is 310 g/mol. The minimum atomic E-state index is -1.67. The second kappa shape index (κ2) is 8.47. The van der Waals surface area contributed by atoms with Crippen molar-refractivity contribution in [1.82, 2.24) is 0 Å². The summed E-state index contributed by atoms with van der Waals surface area (Å²) in [6.45, 7) is 3.72. The summed E-state index contributed by atoms with van der Waals surface area (Å²) >= 11 is 3.28. The molecule has 0 aromatic heterocycles. The molecule has 0 bridgehead atoms. The maximum Gasteiger partial charge on any atom is 0.337 e. The molecule has 0 aromatic carbocycles. The van der Waals surface area contributed by atoms with Crippen molar-refractivity contribution >= 4 is 27.9 Å². The van der Waals surface area contributed by atoms with E-state index in [0.717, 1.165) is 11.8 Å². The number of hydrogen-bond donors (Lipinski definition) is 1. The maximum absolute atomic E-state index is 11.7. The van der Waals surface area contributed by atoms with Crippen LogP contribution in [-0.4, -0.2) is 36.0 Å². The van der Waals surface area contributed by atoms with Crippen LogP contribution in [0.3, 0.4) is 0 Å². The van der Waals surface area contributed by atoms with Crippen molar-refractivity contribution in [2.24, 2.45) is 5.73 Å². The lowest BCUT2D eigenvalue weighted by Gasteiger charge is -2.24. The van der Waals surface area contributed by atoms with Gasteiger partial charge in [-0.05, 0) is 33.1 Å². The Balaban J connectivity index is 4.66. The Morgan fingerprint density at radius 1 is 1.12 bits per heavy atom. The van der Waals surface area contributed by atoms with Gasteiger partial charge in [-0.2, -0.15) is 0 Å². The predicted octanol–water partition coefficient (Wildman–Crippen LogP) is 1.38. The molecule has 0 spiro atoms.